The van der Waals surface area contributed by atoms with E-state index < -0.39 is 0 Å². The number of thiophene rings is 1. The van der Waals surface area contributed by atoms with Crippen molar-refractivity contribution in [3.63, 3.8) is 0 Å². The lowest BCUT2D eigenvalue weighted by Gasteiger charge is -2.21. The molecule has 2 rings (SSSR count). The number of aryl methyl sites for hydroxylation is 1. The monoisotopic (exact) mass is 419 g/mol. The average molecular weight is 419 g/mol. The molecule has 0 aliphatic heterocycles. The third-order valence-corrected chi connectivity index (χ3v) is 3.99. The van der Waals surface area contributed by atoms with Gasteiger partial charge in [0.25, 0.3) is 0 Å². The second-order valence-corrected chi connectivity index (χ2v) is 5.71. The minimum Gasteiger partial charge on any atom is -0.352 e. The average Bonchev–Trinajstić information content (AvgIpc) is 3.08. The number of halogens is 1. The van der Waals surface area contributed by atoms with Crippen LogP contribution in [-0.4, -0.2) is 41.3 Å². The van der Waals surface area contributed by atoms with Gasteiger partial charge in [0.2, 0.25) is 0 Å². The lowest BCUT2D eigenvalue weighted by molar-refractivity contribution is 0.486. The third kappa shape index (κ3) is 5.66. The van der Waals surface area contributed by atoms with Gasteiger partial charge in [-0.25, -0.2) is 0 Å². The zero-order chi connectivity index (χ0) is 14.4. The summed E-state index contributed by atoms with van der Waals surface area (Å²) < 4.78 is 1.81. The number of hydrogen-bond acceptors (Lipinski definition) is 3. The Labute approximate surface area is 147 Å². The summed E-state index contributed by atoms with van der Waals surface area (Å²) in [6.07, 6.45) is 4.92. The summed E-state index contributed by atoms with van der Waals surface area (Å²) in [7, 11) is 5.80. The van der Waals surface area contributed by atoms with Gasteiger partial charge in [0.15, 0.2) is 5.96 Å². The van der Waals surface area contributed by atoms with E-state index in [1.54, 1.807) is 16.0 Å². The van der Waals surface area contributed by atoms with E-state index in [2.05, 4.69) is 44.9 Å². The molecule has 2 aromatic heterocycles. The molecule has 2 aromatic rings. The highest BCUT2D eigenvalue weighted by molar-refractivity contribution is 14.0. The van der Waals surface area contributed by atoms with Crippen molar-refractivity contribution in [1.29, 1.82) is 0 Å². The molecule has 0 spiro atoms. The normalized spacial score (nSPS) is 11.1. The molecule has 0 unspecified atom stereocenters. The predicted molar refractivity (Wildman–Crippen MR) is 99.5 cm³/mol. The van der Waals surface area contributed by atoms with Crippen LogP contribution in [0.5, 0.6) is 0 Å². The molecule has 0 aliphatic carbocycles. The third-order valence-electron chi connectivity index (χ3n) is 3.06. The highest BCUT2D eigenvalue weighted by atomic mass is 127. The molecular formula is C14H22IN5S. The molecule has 0 atom stereocenters. The van der Waals surface area contributed by atoms with Crippen molar-refractivity contribution in [2.75, 3.05) is 20.6 Å². The van der Waals surface area contributed by atoms with Gasteiger partial charge in [0.1, 0.15) is 0 Å². The lowest BCUT2D eigenvalue weighted by atomic mass is 10.3. The van der Waals surface area contributed by atoms with Gasteiger partial charge in [-0.05, 0) is 17.9 Å². The number of guanidine groups is 1. The Hall–Kier alpha value is -1.09. The summed E-state index contributed by atoms with van der Waals surface area (Å²) >= 11 is 1.80. The first-order valence-corrected chi connectivity index (χ1v) is 7.48. The van der Waals surface area contributed by atoms with Gasteiger partial charge in [0, 0.05) is 50.9 Å². The Morgan fingerprint density at radius 1 is 1.52 bits per heavy atom. The molecule has 0 aromatic carbocycles. The van der Waals surface area contributed by atoms with Crippen molar-refractivity contribution in [2.45, 2.75) is 13.0 Å². The Morgan fingerprint density at radius 2 is 2.33 bits per heavy atom. The molecule has 0 bridgehead atoms. The van der Waals surface area contributed by atoms with Gasteiger partial charge < -0.3 is 10.2 Å². The molecule has 0 amide bonds. The van der Waals surface area contributed by atoms with Crippen LogP contribution in [0.1, 0.15) is 10.4 Å². The van der Waals surface area contributed by atoms with E-state index in [1.807, 2.05) is 26.5 Å². The standard InChI is InChI=1S/C14H21N5S.HI/c1-15-14(16-9-12-10-17-19(3)11-12)18(2)7-6-13-5-4-8-20-13;/h4-5,8,10-11H,6-7,9H2,1-3H3,(H,15,16);1H. The molecule has 0 saturated carbocycles. The molecule has 5 nitrogen and oxygen atoms in total. The number of rotatable bonds is 5. The maximum absolute atomic E-state index is 4.32. The zero-order valence-corrected chi connectivity index (χ0v) is 15.8. The molecule has 21 heavy (non-hydrogen) atoms. The number of nitrogens with zero attached hydrogens (tertiary/aromatic N) is 4. The van der Waals surface area contributed by atoms with Crippen LogP contribution >= 0.6 is 35.3 Å². The number of likely N-dealkylation sites (N-methyl/N-ethyl adjacent to an activating group) is 1. The van der Waals surface area contributed by atoms with Gasteiger partial charge in [-0.3, -0.25) is 9.67 Å². The van der Waals surface area contributed by atoms with E-state index in [0.29, 0.717) is 0 Å². The summed E-state index contributed by atoms with van der Waals surface area (Å²) in [6, 6.07) is 4.26. The van der Waals surface area contributed by atoms with Crippen LogP contribution in [0.3, 0.4) is 0 Å². The van der Waals surface area contributed by atoms with Crippen molar-refractivity contribution >= 4 is 41.3 Å². The van der Waals surface area contributed by atoms with Crippen molar-refractivity contribution in [3.8, 4) is 0 Å². The summed E-state index contributed by atoms with van der Waals surface area (Å²) in [5.41, 5.74) is 1.15. The topological polar surface area (TPSA) is 45.5 Å². The van der Waals surface area contributed by atoms with Gasteiger partial charge in [-0.15, -0.1) is 35.3 Å². The maximum atomic E-state index is 4.32. The first-order chi connectivity index (χ1) is 9.69. The van der Waals surface area contributed by atoms with Crippen molar-refractivity contribution in [1.82, 2.24) is 20.0 Å². The molecule has 2 heterocycles. The van der Waals surface area contributed by atoms with Crippen LogP contribution in [0.4, 0.5) is 0 Å². The first kappa shape index (κ1) is 18.0. The second kappa shape index (κ2) is 9.04. The van der Waals surface area contributed by atoms with Crippen LogP contribution in [0.25, 0.3) is 0 Å². The lowest BCUT2D eigenvalue weighted by Crippen LogP contribution is -2.39. The summed E-state index contributed by atoms with van der Waals surface area (Å²) in [6.45, 7) is 1.69. The molecule has 0 radical (unpaired) electrons. The van der Waals surface area contributed by atoms with Crippen LogP contribution in [0, 0.1) is 0 Å². The van der Waals surface area contributed by atoms with Gasteiger partial charge in [0.05, 0.1) is 6.20 Å². The number of aliphatic imine (C=N–C) groups is 1. The molecule has 0 saturated heterocycles. The van der Waals surface area contributed by atoms with Crippen LogP contribution < -0.4 is 5.32 Å². The minimum atomic E-state index is 0. The molecule has 7 heteroatoms. The molecule has 1 N–H and O–H groups in total. The Bertz CT molecular complexity index is 549. The highest BCUT2D eigenvalue weighted by Crippen LogP contribution is 2.09. The fourth-order valence-electron chi connectivity index (χ4n) is 1.97. The van der Waals surface area contributed by atoms with Crippen LogP contribution in [0.2, 0.25) is 0 Å². The first-order valence-electron chi connectivity index (χ1n) is 6.60. The van der Waals surface area contributed by atoms with E-state index in [9.17, 15) is 0 Å². The number of aromatic nitrogens is 2. The predicted octanol–water partition coefficient (Wildman–Crippen LogP) is 2.35. The largest absolute Gasteiger partial charge is 0.352 e. The minimum absolute atomic E-state index is 0. The molecule has 116 valence electrons. The van der Waals surface area contributed by atoms with E-state index in [1.165, 1.54) is 4.88 Å². The SMILES string of the molecule is CN=C(NCc1cnn(C)c1)N(C)CCc1cccs1.I. The van der Waals surface area contributed by atoms with E-state index >= 15 is 0 Å². The van der Waals surface area contributed by atoms with Crippen molar-refractivity contribution in [2.24, 2.45) is 12.0 Å². The summed E-state index contributed by atoms with van der Waals surface area (Å²) in [4.78, 5) is 7.87. The zero-order valence-electron chi connectivity index (χ0n) is 12.6. The smallest absolute Gasteiger partial charge is 0.193 e. The summed E-state index contributed by atoms with van der Waals surface area (Å²) in [5.74, 6) is 0.908. The maximum Gasteiger partial charge on any atom is 0.193 e. The quantitative estimate of drug-likeness (QED) is 0.460. The highest BCUT2D eigenvalue weighted by Gasteiger charge is 2.06. The van der Waals surface area contributed by atoms with Gasteiger partial charge in [-0.1, -0.05) is 6.07 Å². The fraction of sp³-hybridized carbons (Fsp3) is 0.429. The van der Waals surface area contributed by atoms with Crippen molar-refractivity contribution < 1.29 is 0 Å². The van der Waals surface area contributed by atoms with E-state index in [0.717, 1.165) is 31.0 Å². The van der Waals surface area contributed by atoms with Crippen LogP contribution in [-0.2, 0) is 20.0 Å². The van der Waals surface area contributed by atoms with Gasteiger partial charge in [-0.2, -0.15) is 5.10 Å². The molecule has 0 aliphatic rings. The van der Waals surface area contributed by atoms with Crippen LogP contribution in [0.15, 0.2) is 34.9 Å². The Morgan fingerprint density at radius 3 is 2.90 bits per heavy atom. The van der Waals surface area contributed by atoms with E-state index in [-0.39, 0.29) is 24.0 Å². The fourth-order valence-corrected chi connectivity index (χ4v) is 2.67. The summed E-state index contributed by atoms with van der Waals surface area (Å²) in [5, 5.41) is 9.63. The molecule has 0 fully saturated rings. The van der Waals surface area contributed by atoms with Gasteiger partial charge >= 0.3 is 0 Å². The Kier molecular flexibility index (Phi) is 7.73. The Balaban J connectivity index is 0.00000220. The van der Waals surface area contributed by atoms with Crippen molar-refractivity contribution in [3.05, 3.63) is 40.3 Å². The van der Waals surface area contributed by atoms with E-state index in [4.69, 9.17) is 0 Å². The molecular weight excluding hydrogens is 397 g/mol. The second-order valence-electron chi connectivity index (χ2n) is 4.67. The number of nitrogens with one attached hydrogen (secondary N) is 1. The number of hydrogen-bond donors (Lipinski definition) is 1.